The summed E-state index contributed by atoms with van der Waals surface area (Å²) in [6.07, 6.45) is 3.74. The molecule has 1 aliphatic heterocycles. The zero-order valence-corrected chi connectivity index (χ0v) is 13.4. The molecular weight excluding hydrogens is 276 g/mol. The van der Waals surface area contributed by atoms with Crippen LogP contribution in [0.1, 0.15) is 48.5 Å². The van der Waals surface area contributed by atoms with Crippen molar-refractivity contribution in [1.29, 1.82) is 0 Å². The molecule has 4 heteroatoms. The van der Waals surface area contributed by atoms with Crippen LogP contribution in [0.3, 0.4) is 0 Å². The second kappa shape index (κ2) is 8.69. The summed E-state index contributed by atoms with van der Waals surface area (Å²) >= 11 is 0. The molecule has 0 saturated carbocycles. The van der Waals surface area contributed by atoms with E-state index in [9.17, 15) is 9.59 Å². The maximum atomic E-state index is 12.0. The fourth-order valence-electron chi connectivity index (χ4n) is 2.76. The average Bonchev–Trinajstić information content (AvgIpc) is 3.06. The first-order valence-electron chi connectivity index (χ1n) is 8.28. The van der Waals surface area contributed by atoms with Gasteiger partial charge in [-0.15, -0.1) is 0 Å². The highest BCUT2D eigenvalue weighted by atomic mass is 16.2. The molecule has 0 aromatic heterocycles. The van der Waals surface area contributed by atoms with Gasteiger partial charge in [0.15, 0.2) is 5.78 Å². The number of aryl methyl sites for hydroxylation is 1. The molecule has 1 aliphatic rings. The van der Waals surface area contributed by atoms with Crippen molar-refractivity contribution in [1.82, 2.24) is 10.6 Å². The van der Waals surface area contributed by atoms with E-state index in [-0.39, 0.29) is 24.5 Å². The van der Waals surface area contributed by atoms with Crippen molar-refractivity contribution in [2.24, 2.45) is 5.92 Å². The summed E-state index contributed by atoms with van der Waals surface area (Å²) in [6, 6.07) is 7.66. The molecule has 0 spiro atoms. The van der Waals surface area contributed by atoms with Gasteiger partial charge in [-0.2, -0.15) is 0 Å². The van der Waals surface area contributed by atoms with Crippen LogP contribution in [0.5, 0.6) is 0 Å². The summed E-state index contributed by atoms with van der Waals surface area (Å²) in [5.74, 6) is 0.696. The molecule has 4 nitrogen and oxygen atoms in total. The van der Waals surface area contributed by atoms with Gasteiger partial charge in [0.25, 0.3) is 0 Å². The first kappa shape index (κ1) is 16.7. The van der Waals surface area contributed by atoms with Crippen LogP contribution in [0.15, 0.2) is 24.3 Å². The SMILES string of the molecule is CCc1ccc(C(=O)CCC(=O)NCCC2CCNC2)cc1. The maximum Gasteiger partial charge on any atom is 0.220 e. The Bertz CT molecular complexity index is 490. The molecule has 0 radical (unpaired) electrons. The Morgan fingerprint density at radius 2 is 2.00 bits per heavy atom. The molecule has 1 unspecified atom stereocenters. The van der Waals surface area contributed by atoms with Crippen molar-refractivity contribution in [3.05, 3.63) is 35.4 Å². The highest BCUT2D eigenvalue weighted by Gasteiger charge is 2.14. The van der Waals surface area contributed by atoms with Crippen LogP contribution < -0.4 is 10.6 Å². The second-order valence-corrected chi connectivity index (χ2v) is 5.97. The van der Waals surface area contributed by atoms with Gasteiger partial charge < -0.3 is 10.6 Å². The van der Waals surface area contributed by atoms with E-state index in [1.807, 2.05) is 24.3 Å². The lowest BCUT2D eigenvalue weighted by Crippen LogP contribution is -2.26. The number of rotatable bonds is 8. The molecule has 22 heavy (non-hydrogen) atoms. The molecule has 1 fully saturated rings. The number of carbonyl (C=O) groups is 2. The summed E-state index contributed by atoms with van der Waals surface area (Å²) < 4.78 is 0. The number of hydrogen-bond donors (Lipinski definition) is 2. The van der Waals surface area contributed by atoms with Gasteiger partial charge in [-0.3, -0.25) is 9.59 Å². The Morgan fingerprint density at radius 1 is 1.23 bits per heavy atom. The van der Waals surface area contributed by atoms with Crippen molar-refractivity contribution >= 4 is 11.7 Å². The van der Waals surface area contributed by atoms with E-state index in [1.54, 1.807) is 0 Å². The van der Waals surface area contributed by atoms with Crippen LogP contribution in [0.25, 0.3) is 0 Å². The van der Waals surface area contributed by atoms with Gasteiger partial charge in [0.05, 0.1) is 0 Å². The highest BCUT2D eigenvalue weighted by molar-refractivity contribution is 5.97. The lowest BCUT2D eigenvalue weighted by atomic mass is 10.0. The Kier molecular flexibility index (Phi) is 6.59. The quantitative estimate of drug-likeness (QED) is 0.725. The minimum Gasteiger partial charge on any atom is -0.356 e. The van der Waals surface area contributed by atoms with Gasteiger partial charge in [0, 0.05) is 24.9 Å². The minimum absolute atomic E-state index is 0.0236. The molecule has 1 atom stereocenters. The Hall–Kier alpha value is -1.68. The topological polar surface area (TPSA) is 58.2 Å². The van der Waals surface area contributed by atoms with E-state index in [2.05, 4.69) is 17.6 Å². The fraction of sp³-hybridized carbons (Fsp3) is 0.556. The molecule has 1 saturated heterocycles. The van der Waals surface area contributed by atoms with Gasteiger partial charge in [0.2, 0.25) is 5.91 Å². The minimum atomic E-state index is -0.0236. The normalized spacial score (nSPS) is 17.4. The van der Waals surface area contributed by atoms with Crippen molar-refractivity contribution in [2.45, 2.75) is 39.0 Å². The third kappa shape index (κ3) is 5.26. The van der Waals surface area contributed by atoms with E-state index in [0.29, 0.717) is 18.0 Å². The Balaban J connectivity index is 1.65. The maximum absolute atomic E-state index is 12.0. The van der Waals surface area contributed by atoms with Gasteiger partial charge >= 0.3 is 0 Å². The molecule has 120 valence electrons. The zero-order valence-electron chi connectivity index (χ0n) is 13.4. The standard InChI is InChI=1S/C18H26N2O2/c1-2-14-3-5-16(6-4-14)17(21)7-8-18(22)20-12-10-15-9-11-19-13-15/h3-6,15,19H,2,7-13H2,1H3,(H,20,22). The molecule has 2 N–H and O–H groups in total. The fourth-order valence-corrected chi connectivity index (χ4v) is 2.76. The summed E-state index contributed by atoms with van der Waals surface area (Å²) in [4.78, 5) is 23.8. The number of carbonyl (C=O) groups excluding carboxylic acids is 2. The van der Waals surface area contributed by atoms with E-state index in [1.165, 1.54) is 12.0 Å². The van der Waals surface area contributed by atoms with E-state index < -0.39 is 0 Å². The number of hydrogen-bond acceptors (Lipinski definition) is 3. The van der Waals surface area contributed by atoms with Crippen molar-refractivity contribution in [3.8, 4) is 0 Å². The van der Waals surface area contributed by atoms with Crippen LogP contribution in [-0.2, 0) is 11.2 Å². The van der Waals surface area contributed by atoms with E-state index >= 15 is 0 Å². The molecule has 0 bridgehead atoms. The smallest absolute Gasteiger partial charge is 0.220 e. The molecule has 0 aliphatic carbocycles. The lowest BCUT2D eigenvalue weighted by Gasteiger charge is -2.09. The first-order chi connectivity index (χ1) is 10.7. The van der Waals surface area contributed by atoms with Gasteiger partial charge in [0.1, 0.15) is 0 Å². The van der Waals surface area contributed by atoms with Crippen molar-refractivity contribution in [2.75, 3.05) is 19.6 Å². The van der Waals surface area contributed by atoms with Crippen molar-refractivity contribution < 1.29 is 9.59 Å². The number of amides is 1. The van der Waals surface area contributed by atoms with E-state index in [0.717, 1.165) is 25.9 Å². The van der Waals surface area contributed by atoms with Crippen LogP contribution >= 0.6 is 0 Å². The molecule has 1 aromatic rings. The van der Waals surface area contributed by atoms with Crippen LogP contribution in [-0.4, -0.2) is 31.3 Å². The molecular formula is C18H26N2O2. The van der Waals surface area contributed by atoms with Crippen LogP contribution in [0, 0.1) is 5.92 Å². The summed E-state index contributed by atoms with van der Waals surface area (Å²) in [5, 5.41) is 6.24. The average molecular weight is 302 g/mol. The second-order valence-electron chi connectivity index (χ2n) is 5.97. The monoisotopic (exact) mass is 302 g/mol. The largest absolute Gasteiger partial charge is 0.356 e. The first-order valence-corrected chi connectivity index (χ1v) is 8.28. The summed E-state index contributed by atoms with van der Waals surface area (Å²) in [6.45, 7) is 4.94. The molecule has 1 aromatic carbocycles. The van der Waals surface area contributed by atoms with Gasteiger partial charge in [-0.1, -0.05) is 31.2 Å². The number of ketones is 1. The van der Waals surface area contributed by atoms with Crippen LogP contribution in [0.2, 0.25) is 0 Å². The van der Waals surface area contributed by atoms with E-state index in [4.69, 9.17) is 0 Å². The predicted molar refractivity (Wildman–Crippen MR) is 88.0 cm³/mol. The summed E-state index contributed by atoms with van der Waals surface area (Å²) in [5.41, 5.74) is 1.91. The number of benzene rings is 1. The third-order valence-corrected chi connectivity index (χ3v) is 4.30. The van der Waals surface area contributed by atoms with Gasteiger partial charge in [-0.25, -0.2) is 0 Å². The predicted octanol–water partition coefficient (Wildman–Crippen LogP) is 2.33. The van der Waals surface area contributed by atoms with Crippen molar-refractivity contribution in [3.63, 3.8) is 0 Å². The Morgan fingerprint density at radius 3 is 2.64 bits per heavy atom. The number of Topliss-reactive ketones (excluding diaryl/α,β-unsaturated/α-hetero) is 1. The highest BCUT2D eigenvalue weighted by Crippen LogP contribution is 2.11. The molecule has 1 amide bonds. The molecule has 1 heterocycles. The third-order valence-electron chi connectivity index (χ3n) is 4.30. The van der Waals surface area contributed by atoms with Gasteiger partial charge in [-0.05, 0) is 43.8 Å². The Labute approximate surface area is 132 Å². The lowest BCUT2D eigenvalue weighted by molar-refractivity contribution is -0.121. The summed E-state index contributed by atoms with van der Waals surface area (Å²) in [7, 11) is 0. The van der Waals surface area contributed by atoms with Crippen LogP contribution in [0.4, 0.5) is 0 Å². The number of nitrogens with one attached hydrogen (secondary N) is 2. The zero-order chi connectivity index (χ0) is 15.8. The molecule has 2 rings (SSSR count).